The number of hydrogen-bond donors (Lipinski definition) is 1. The normalized spacial score (nSPS) is 18.9. The van der Waals surface area contributed by atoms with Crippen LogP contribution in [-0.4, -0.2) is 16.8 Å². The molecule has 0 fully saturated rings. The number of benzene rings is 2. The van der Waals surface area contributed by atoms with Gasteiger partial charge in [-0.2, -0.15) is 0 Å². The van der Waals surface area contributed by atoms with E-state index in [4.69, 9.17) is 0 Å². The van der Waals surface area contributed by atoms with Gasteiger partial charge in [-0.25, -0.2) is 0 Å². The second-order valence-electron chi connectivity index (χ2n) is 5.47. The van der Waals surface area contributed by atoms with E-state index in [0.717, 1.165) is 23.2 Å². The smallest absolute Gasteiger partial charge is 0.258 e. The second kappa shape index (κ2) is 5.60. The molecule has 1 aliphatic heterocycles. The Hall–Kier alpha value is -2.29. The lowest BCUT2D eigenvalue weighted by Crippen LogP contribution is -2.47. The fraction of sp³-hybridized carbons (Fsp3) is 0.278. The molecule has 0 bridgehead atoms. The van der Waals surface area contributed by atoms with Gasteiger partial charge in [-0.15, -0.1) is 0 Å². The van der Waals surface area contributed by atoms with Crippen molar-refractivity contribution in [2.45, 2.75) is 32.5 Å². The van der Waals surface area contributed by atoms with Crippen LogP contribution in [-0.2, 0) is 0 Å². The van der Waals surface area contributed by atoms with Crippen LogP contribution >= 0.6 is 0 Å². The van der Waals surface area contributed by atoms with E-state index < -0.39 is 0 Å². The number of fused-ring (bicyclic) bond motifs is 1. The zero-order valence-corrected chi connectivity index (χ0v) is 12.4. The molecule has 2 unspecified atom stereocenters. The molecule has 0 aromatic heterocycles. The molecule has 3 rings (SSSR count). The number of carbonyl (C=O) groups is 1. The minimum Gasteiger partial charge on any atom is -0.361 e. The molecule has 1 amide bonds. The van der Waals surface area contributed by atoms with Crippen molar-refractivity contribution in [1.82, 2.24) is 4.90 Å². The summed E-state index contributed by atoms with van der Waals surface area (Å²) in [6, 6.07) is 18.1. The topological polar surface area (TPSA) is 32.3 Å². The number of rotatable bonds is 3. The number of carbonyl (C=O) groups excluding carboxylic acids is 1. The van der Waals surface area contributed by atoms with Crippen molar-refractivity contribution in [3.63, 3.8) is 0 Å². The Balaban J connectivity index is 2.07. The van der Waals surface area contributed by atoms with E-state index in [9.17, 15) is 4.79 Å². The molecule has 1 N–H and O–H groups in total. The largest absolute Gasteiger partial charge is 0.361 e. The average Bonchev–Trinajstić information content (AvgIpc) is 2.55. The van der Waals surface area contributed by atoms with Crippen molar-refractivity contribution in [1.29, 1.82) is 0 Å². The first-order chi connectivity index (χ1) is 10.2. The molecule has 3 heteroatoms. The van der Waals surface area contributed by atoms with E-state index in [1.165, 1.54) is 0 Å². The predicted octanol–water partition coefficient (Wildman–Crippen LogP) is 4.05. The molecule has 0 saturated carbocycles. The molecule has 0 radical (unpaired) electrons. The minimum atomic E-state index is -0.108. The molecule has 0 saturated heterocycles. The lowest BCUT2D eigenvalue weighted by molar-refractivity contribution is 0.0593. The van der Waals surface area contributed by atoms with E-state index in [-0.39, 0.29) is 18.1 Å². The molecular weight excluding hydrogens is 260 g/mol. The fourth-order valence-electron chi connectivity index (χ4n) is 2.80. The van der Waals surface area contributed by atoms with Gasteiger partial charge < -0.3 is 10.2 Å². The highest BCUT2D eigenvalue weighted by atomic mass is 16.2. The number of nitrogens with zero attached hydrogens (tertiary/aromatic N) is 1. The number of nitrogens with one attached hydrogen (secondary N) is 1. The maximum atomic E-state index is 12.9. The third kappa shape index (κ3) is 2.40. The molecule has 2 atom stereocenters. The Morgan fingerprint density at radius 2 is 1.76 bits per heavy atom. The summed E-state index contributed by atoms with van der Waals surface area (Å²) >= 11 is 0. The third-order valence-electron chi connectivity index (χ3n) is 4.14. The van der Waals surface area contributed by atoms with Crippen LogP contribution in [0.4, 0.5) is 5.69 Å². The third-order valence-corrected chi connectivity index (χ3v) is 4.14. The summed E-state index contributed by atoms with van der Waals surface area (Å²) in [4.78, 5) is 14.8. The van der Waals surface area contributed by atoms with Gasteiger partial charge >= 0.3 is 0 Å². The van der Waals surface area contributed by atoms with E-state index in [1.807, 2.05) is 47.4 Å². The highest BCUT2D eigenvalue weighted by Gasteiger charge is 2.34. The zero-order valence-electron chi connectivity index (χ0n) is 12.4. The molecule has 2 aromatic carbocycles. The Morgan fingerprint density at radius 1 is 1.10 bits per heavy atom. The fourth-order valence-corrected chi connectivity index (χ4v) is 2.80. The molecule has 21 heavy (non-hydrogen) atoms. The van der Waals surface area contributed by atoms with Crippen molar-refractivity contribution in [2.75, 3.05) is 5.32 Å². The van der Waals surface area contributed by atoms with E-state index in [2.05, 4.69) is 31.3 Å². The van der Waals surface area contributed by atoms with Gasteiger partial charge in [-0.3, -0.25) is 4.79 Å². The quantitative estimate of drug-likeness (QED) is 0.919. The van der Waals surface area contributed by atoms with Crippen molar-refractivity contribution < 1.29 is 4.79 Å². The zero-order chi connectivity index (χ0) is 14.8. The number of hydrogen-bond acceptors (Lipinski definition) is 2. The molecule has 2 aromatic rings. The van der Waals surface area contributed by atoms with Gasteiger partial charge in [0.15, 0.2) is 0 Å². The van der Waals surface area contributed by atoms with Crippen LogP contribution in [0.5, 0.6) is 0 Å². The first-order valence-electron chi connectivity index (χ1n) is 7.45. The van der Waals surface area contributed by atoms with Crippen LogP contribution < -0.4 is 5.32 Å². The Bertz CT molecular complexity index is 639. The van der Waals surface area contributed by atoms with Gasteiger partial charge in [0.2, 0.25) is 0 Å². The Kier molecular flexibility index (Phi) is 3.65. The highest BCUT2D eigenvalue weighted by Crippen LogP contribution is 2.34. The van der Waals surface area contributed by atoms with Gasteiger partial charge in [0.1, 0.15) is 6.17 Å². The Labute approximate surface area is 125 Å². The van der Waals surface area contributed by atoms with Gasteiger partial charge in [0.05, 0.1) is 5.56 Å². The predicted molar refractivity (Wildman–Crippen MR) is 85.2 cm³/mol. The summed E-state index contributed by atoms with van der Waals surface area (Å²) < 4.78 is 0. The van der Waals surface area contributed by atoms with Crippen molar-refractivity contribution >= 4 is 11.6 Å². The van der Waals surface area contributed by atoms with E-state index >= 15 is 0 Å². The number of anilines is 1. The lowest BCUT2D eigenvalue weighted by Gasteiger charge is -2.41. The standard InChI is InChI=1S/C18H20N2O/c1-3-13(2)20-17(14-9-5-4-6-10-14)19-16-12-8-7-11-15(16)18(20)21/h4-13,17,19H,3H2,1-2H3. The Morgan fingerprint density at radius 3 is 2.48 bits per heavy atom. The molecular formula is C18H20N2O. The highest BCUT2D eigenvalue weighted by molar-refractivity contribution is 6.01. The van der Waals surface area contributed by atoms with Crippen molar-refractivity contribution in [2.24, 2.45) is 0 Å². The van der Waals surface area contributed by atoms with Gasteiger partial charge in [-0.1, -0.05) is 49.4 Å². The summed E-state index contributed by atoms with van der Waals surface area (Å²) in [6.07, 6.45) is 0.822. The maximum Gasteiger partial charge on any atom is 0.258 e. The molecule has 108 valence electrons. The molecule has 1 aliphatic rings. The first-order valence-corrected chi connectivity index (χ1v) is 7.45. The first kappa shape index (κ1) is 13.7. The minimum absolute atomic E-state index is 0.104. The van der Waals surface area contributed by atoms with Crippen LogP contribution in [0.15, 0.2) is 54.6 Å². The molecule has 0 spiro atoms. The number of amides is 1. The number of para-hydroxylation sites is 1. The van der Waals surface area contributed by atoms with Crippen LogP contribution in [0.2, 0.25) is 0 Å². The summed E-state index contributed by atoms with van der Waals surface area (Å²) in [5.41, 5.74) is 2.78. The second-order valence-corrected chi connectivity index (χ2v) is 5.47. The van der Waals surface area contributed by atoms with E-state index in [1.54, 1.807) is 0 Å². The van der Waals surface area contributed by atoms with Crippen LogP contribution in [0.3, 0.4) is 0 Å². The molecule has 3 nitrogen and oxygen atoms in total. The van der Waals surface area contributed by atoms with E-state index in [0.29, 0.717) is 0 Å². The monoisotopic (exact) mass is 280 g/mol. The summed E-state index contributed by atoms with van der Waals surface area (Å²) in [6.45, 7) is 4.21. The van der Waals surface area contributed by atoms with Crippen LogP contribution in [0.25, 0.3) is 0 Å². The van der Waals surface area contributed by atoms with Gasteiger partial charge in [0.25, 0.3) is 5.91 Å². The van der Waals surface area contributed by atoms with Gasteiger partial charge in [0, 0.05) is 11.7 Å². The van der Waals surface area contributed by atoms with Gasteiger partial charge in [-0.05, 0) is 31.0 Å². The van der Waals surface area contributed by atoms with Crippen LogP contribution in [0.1, 0.15) is 42.4 Å². The molecule has 1 heterocycles. The lowest BCUT2D eigenvalue weighted by atomic mass is 10.0. The average molecular weight is 280 g/mol. The summed E-state index contributed by atoms with van der Waals surface area (Å²) in [5.74, 6) is 0.104. The molecule has 0 aliphatic carbocycles. The van der Waals surface area contributed by atoms with Crippen molar-refractivity contribution in [3.05, 3.63) is 65.7 Å². The summed E-state index contributed by atoms with van der Waals surface area (Å²) in [7, 11) is 0. The van der Waals surface area contributed by atoms with Crippen molar-refractivity contribution in [3.8, 4) is 0 Å². The van der Waals surface area contributed by atoms with Crippen LogP contribution in [0, 0.1) is 0 Å². The maximum absolute atomic E-state index is 12.9. The summed E-state index contributed by atoms with van der Waals surface area (Å²) in [5, 5.41) is 3.51. The SMILES string of the molecule is CCC(C)N1C(=O)c2ccccc2NC1c1ccccc1.